The van der Waals surface area contributed by atoms with Gasteiger partial charge >= 0.3 is 5.69 Å². The Morgan fingerprint density at radius 3 is 2.70 bits per heavy atom. The van der Waals surface area contributed by atoms with Crippen LogP contribution in [0.3, 0.4) is 0 Å². The number of rotatable bonds is 4. The molecule has 3 heterocycles. The van der Waals surface area contributed by atoms with Crippen LogP contribution in [0.2, 0.25) is 0 Å². The Labute approximate surface area is 157 Å². The van der Waals surface area contributed by atoms with E-state index >= 15 is 0 Å². The Morgan fingerprint density at radius 2 is 1.81 bits per heavy atom. The third-order valence-electron chi connectivity index (χ3n) is 5.80. The van der Waals surface area contributed by atoms with Gasteiger partial charge in [-0.3, -0.25) is 4.57 Å². The first-order valence-electron chi connectivity index (χ1n) is 9.66. The maximum Gasteiger partial charge on any atom is 0.326 e. The van der Waals surface area contributed by atoms with Crippen molar-refractivity contribution < 1.29 is 4.42 Å². The molecule has 0 unspecified atom stereocenters. The lowest BCUT2D eigenvalue weighted by molar-refractivity contribution is 0.188. The second-order valence-electron chi connectivity index (χ2n) is 7.40. The van der Waals surface area contributed by atoms with Crippen LogP contribution in [-0.2, 0) is 6.42 Å². The molecule has 5 heteroatoms. The van der Waals surface area contributed by atoms with E-state index in [1.54, 1.807) is 0 Å². The highest BCUT2D eigenvalue weighted by atomic mass is 16.3. The summed E-state index contributed by atoms with van der Waals surface area (Å²) in [5, 5.41) is 1.22. The number of hydrogen-bond donors (Lipinski definition) is 1. The summed E-state index contributed by atoms with van der Waals surface area (Å²) >= 11 is 0. The standard InChI is InChI=1S/C22H23N3O2/c26-22-23-19-6-2-3-7-20(19)25(22)17-10-13-24(14-11-17)12-9-16-15-27-21-8-4-1-5-18(16)21/h1-8,15,17H,9-14H2,(H,23,26). The summed E-state index contributed by atoms with van der Waals surface area (Å²) < 4.78 is 7.60. The number of H-pyrrole nitrogens is 1. The normalized spacial score (nSPS) is 16.4. The van der Waals surface area contributed by atoms with Gasteiger partial charge in [0.05, 0.1) is 17.3 Å². The van der Waals surface area contributed by atoms with Crippen LogP contribution in [0.5, 0.6) is 0 Å². The number of fused-ring (bicyclic) bond motifs is 2. The molecule has 0 spiro atoms. The predicted molar refractivity (Wildman–Crippen MR) is 107 cm³/mol. The van der Waals surface area contributed by atoms with Crippen LogP contribution in [0.15, 0.2) is 64.0 Å². The van der Waals surface area contributed by atoms with E-state index in [0.717, 1.165) is 55.5 Å². The molecule has 0 atom stereocenters. The van der Waals surface area contributed by atoms with Gasteiger partial charge in [-0.1, -0.05) is 30.3 Å². The van der Waals surface area contributed by atoms with E-state index < -0.39 is 0 Å². The molecule has 1 fully saturated rings. The fraction of sp³-hybridized carbons (Fsp3) is 0.318. The van der Waals surface area contributed by atoms with Crippen molar-refractivity contribution in [2.24, 2.45) is 0 Å². The van der Waals surface area contributed by atoms with Crippen LogP contribution >= 0.6 is 0 Å². The molecule has 1 aliphatic heterocycles. The van der Waals surface area contributed by atoms with Crippen molar-refractivity contribution in [2.75, 3.05) is 19.6 Å². The summed E-state index contributed by atoms with van der Waals surface area (Å²) in [6.45, 7) is 3.07. The number of nitrogens with zero attached hydrogens (tertiary/aromatic N) is 2. The minimum absolute atomic E-state index is 0.0134. The number of nitrogens with one attached hydrogen (secondary N) is 1. The third kappa shape index (κ3) is 2.98. The van der Waals surface area contributed by atoms with Crippen molar-refractivity contribution in [3.63, 3.8) is 0 Å². The first-order chi connectivity index (χ1) is 13.3. The number of para-hydroxylation sites is 3. The number of piperidine rings is 1. The lowest BCUT2D eigenvalue weighted by atomic mass is 10.0. The van der Waals surface area contributed by atoms with Gasteiger partial charge in [0.2, 0.25) is 0 Å². The number of aromatic amines is 1. The number of hydrogen-bond acceptors (Lipinski definition) is 3. The van der Waals surface area contributed by atoms with Crippen molar-refractivity contribution in [1.82, 2.24) is 14.5 Å². The van der Waals surface area contributed by atoms with E-state index in [0.29, 0.717) is 0 Å². The van der Waals surface area contributed by atoms with Crippen LogP contribution < -0.4 is 5.69 Å². The van der Waals surface area contributed by atoms with Gasteiger partial charge in [0.25, 0.3) is 0 Å². The maximum absolute atomic E-state index is 12.4. The number of likely N-dealkylation sites (tertiary alicyclic amines) is 1. The number of furan rings is 1. The molecule has 138 valence electrons. The molecule has 1 saturated heterocycles. The fourth-order valence-corrected chi connectivity index (χ4v) is 4.34. The van der Waals surface area contributed by atoms with Crippen molar-refractivity contribution in [3.05, 3.63) is 70.8 Å². The summed E-state index contributed by atoms with van der Waals surface area (Å²) in [7, 11) is 0. The van der Waals surface area contributed by atoms with Crippen LogP contribution in [0.1, 0.15) is 24.4 Å². The smallest absolute Gasteiger partial charge is 0.326 e. The van der Waals surface area contributed by atoms with Gasteiger partial charge < -0.3 is 14.3 Å². The predicted octanol–water partition coefficient (Wildman–Crippen LogP) is 3.96. The third-order valence-corrected chi connectivity index (χ3v) is 5.80. The number of benzene rings is 2. The second kappa shape index (κ2) is 6.74. The molecule has 5 rings (SSSR count). The number of imidazole rings is 1. The maximum atomic E-state index is 12.4. The molecule has 0 bridgehead atoms. The molecule has 0 amide bonds. The molecule has 4 aromatic rings. The van der Waals surface area contributed by atoms with Gasteiger partial charge in [0, 0.05) is 31.1 Å². The van der Waals surface area contributed by atoms with Gasteiger partial charge in [-0.25, -0.2) is 4.79 Å². The Bertz CT molecular complexity index is 1130. The SMILES string of the molecule is O=c1[nH]c2ccccc2n1C1CCN(CCc2coc3ccccc23)CC1. The Balaban J connectivity index is 1.25. The highest BCUT2D eigenvalue weighted by molar-refractivity contribution is 5.80. The largest absolute Gasteiger partial charge is 0.464 e. The summed E-state index contributed by atoms with van der Waals surface area (Å²) in [5.41, 5.74) is 4.20. The van der Waals surface area contributed by atoms with Crippen LogP contribution in [0.25, 0.3) is 22.0 Å². The summed E-state index contributed by atoms with van der Waals surface area (Å²) in [6, 6.07) is 16.5. The quantitative estimate of drug-likeness (QED) is 0.599. The fourth-order valence-electron chi connectivity index (χ4n) is 4.34. The van der Waals surface area contributed by atoms with E-state index in [1.165, 1.54) is 10.9 Å². The molecule has 2 aromatic carbocycles. The minimum Gasteiger partial charge on any atom is -0.464 e. The van der Waals surface area contributed by atoms with E-state index in [4.69, 9.17) is 4.42 Å². The van der Waals surface area contributed by atoms with Crippen LogP contribution in [0.4, 0.5) is 0 Å². The monoisotopic (exact) mass is 361 g/mol. The summed E-state index contributed by atoms with van der Waals surface area (Å²) in [5.74, 6) is 0. The zero-order valence-corrected chi connectivity index (χ0v) is 15.2. The van der Waals surface area contributed by atoms with Gasteiger partial charge in [-0.05, 0) is 43.0 Å². The first-order valence-corrected chi connectivity index (χ1v) is 9.66. The first kappa shape index (κ1) is 16.4. The molecule has 0 radical (unpaired) electrons. The zero-order chi connectivity index (χ0) is 18.2. The van der Waals surface area contributed by atoms with Gasteiger partial charge in [0.1, 0.15) is 5.58 Å². The Kier molecular flexibility index (Phi) is 4.09. The Morgan fingerprint density at radius 1 is 1.04 bits per heavy atom. The molecule has 1 aliphatic rings. The van der Waals surface area contributed by atoms with Gasteiger partial charge in [-0.2, -0.15) is 0 Å². The minimum atomic E-state index is 0.0134. The van der Waals surface area contributed by atoms with E-state index in [-0.39, 0.29) is 11.7 Å². The Hall–Kier alpha value is -2.79. The summed E-state index contributed by atoms with van der Waals surface area (Å²) in [4.78, 5) is 17.9. The molecule has 2 aromatic heterocycles. The zero-order valence-electron chi connectivity index (χ0n) is 15.2. The molecular formula is C22H23N3O2. The van der Waals surface area contributed by atoms with E-state index in [9.17, 15) is 4.79 Å². The van der Waals surface area contributed by atoms with Crippen molar-refractivity contribution in [2.45, 2.75) is 25.3 Å². The van der Waals surface area contributed by atoms with Crippen molar-refractivity contribution in [1.29, 1.82) is 0 Å². The lowest BCUT2D eigenvalue weighted by Crippen LogP contribution is -2.37. The molecule has 1 N–H and O–H groups in total. The average Bonchev–Trinajstić information content (AvgIpc) is 3.27. The lowest BCUT2D eigenvalue weighted by Gasteiger charge is -2.32. The molecular weight excluding hydrogens is 338 g/mol. The van der Waals surface area contributed by atoms with Crippen molar-refractivity contribution in [3.8, 4) is 0 Å². The number of aromatic nitrogens is 2. The van der Waals surface area contributed by atoms with Crippen molar-refractivity contribution >= 4 is 22.0 Å². The van der Waals surface area contributed by atoms with E-state index in [2.05, 4.69) is 22.0 Å². The van der Waals surface area contributed by atoms with Gasteiger partial charge in [-0.15, -0.1) is 0 Å². The average molecular weight is 361 g/mol. The topological polar surface area (TPSA) is 54.2 Å². The second-order valence-corrected chi connectivity index (χ2v) is 7.40. The van der Waals surface area contributed by atoms with Gasteiger partial charge in [0.15, 0.2) is 0 Å². The molecule has 5 nitrogen and oxygen atoms in total. The molecule has 0 saturated carbocycles. The highest BCUT2D eigenvalue weighted by Gasteiger charge is 2.23. The molecule has 27 heavy (non-hydrogen) atoms. The molecule has 0 aliphatic carbocycles. The summed E-state index contributed by atoms with van der Waals surface area (Å²) in [6.07, 6.45) is 4.90. The highest BCUT2D eigenvalue weighted by Crippen LogP contribution is 2.26. The van der Waals surface area contributed by atoms with E-state index in [1.807, 2.05) is 47.2 Å². The van der Waals surface area contributed by atoms with Crippen LogP contribution in [0, 0.1) is 0 Å². The van der Waals surface area contributed by atoms with Crippen LogP contribution in [-0.4, -0.2) is 34.1 Å².